The van der Waals surface area contributed by atoms with Gasteiger partial charge in [0.05, 0.1) is 38.4 Å². The zero-order valence-corrected chi connectivity index (χ0v) is 13.4. The highest BCUT2D eigenvalue weighted by Gasteiger charge is 2.41. The van der Waals surface area contributed by atoms with Crippen LogP contribution in [0.4, 0.5) is 5.69 Å². The van der Waals surface area contributed by atoms with Gasteiger partial charge in [0.15, 0.2) is 6.04 Å². The Morgan fingerprint density at radius 3 is 2.65 bits per heavy atom. The summed E-state index contributed by atoms with van der Waals surface area (Å²) in [4.78, 5) is 27.5. The van der Waals surface area contributed by atoms with E-state index in [1.807, 2.05) is 23.5 Å². The molecule has 3 N–H and O–H groups in total. The van der Waals surface area contributed by atoms with E-state index in [0.717, 1.165) is 45.8 Å². The van der Waals surface area contributed by atoms with Gasteiger partial charge in [0.25, 0.3) is 5.91 Å². The zero-order valence-electron chi connectivity index (χ0n) is 13.4. The van der Waals surface area contributed by atoms with Crippen LogP contribution >= 0.6 is 0 Å². The SMILES string of the molecule is O=C1C[C@H]([NH2+]CCC[NH+]2CCOCC2)C(=O)N1c1ccccc1. The molecule has 3 rings (SSSR count). The highest BCUT2D eigenvalue weighted by atomic mass is 16.5. The summed E-state index contributed by atoms with van der Waals surface area (Å²) >= 11 is 0. The van der Waals surface area contributed by atoms with Crippen molar-refractivity contribution in [2.75, 3.05) is 44.3 Å². The topological polar surface area (TPSA) is 67.7 Å². The first-order chi connectivity index (χ1) is 11.3. The van der Waals surface area contributed by atoms with Crippen LogP contribution in [-0.2, 0) is 14.3 Å². The molecule has 1 aromatic carbocycles. The summed E-state index contributed by atoms with van der Waals surface area (Å²) in [6, 6.07) is 8.92. The summed E-state index contributed by atoms with van der Waals surface area (Å²) in [5, 5.41) is 2.03. The van der Waals surface area contributed by atoms with E-state index >= 15 is 0 Å². The third-order valence-corrected chi connectivity index (χ3v) is 4.58. The fourth-order valence-electron chi connectivity index (χ4n) is 3.27. The van der Waals surface area contributed by atoms with E-state index in [9.17, 15) is 9.59 Å². The number of rotatable bonds is 6. The lowest BCUT2D eigenvalue weighted by Crippen LogP contribution is -3.14. The Bertz CT molecular complexity index is 543. The van der Waals surface area contributed by atoms with Crippen LogP contribution < -0.4 is 15.1 Å². The van der Waals surface area contributed by atoms with Gasteiger partial charge in [0.1, 0.15) is 13.1 Å². The van der Waals surface area contributed by atoms with Gasteiger partial charge in [-0.3, -0.25) is 9.59 Å². The number of ether oxygens (including phenoxy) is 1. The fraction of sp³-hybridized carbons (Fsp3) is 0.529. The maximum Gasteiger partial charge on any atom is 0.292 e. The van der Waals surface area contributed by atoms with Gasteiger partial charge in [-0.2, -0.15) is 0 Å². The Kier molecular flexibility index (Phi) is 5.38. The van der Waals surface area contributed by atoms with Crippen molar-refractivity contribution < 1.29 is 24.5 Å². The summed E-state index contributed by atoms with van der Waals surface area (Å²) < 4.78 is 5.35. The second-order valence-electron chi connectivity index (χ2n) is 6.20. The maximum atomic E-state index is 12.5. The van der Waals surface area contributed by atoms with E-state index < -0.39 is 0 Å². The van der Waals surface area contributed by atoms with Gasteiger partial charge >= 0.3 is 0 Å². The lowest BCUT2D eigenvalue weighted by Gasteiger charge is -2.23. The molecule has 6 heteroatoms. The molecule has 1 aromatic rings. The summed E-state index contributed by atoms with van der Waals surface area (Å²) in [6.07, 6.45) is 1.36. The van der Waals surface area contributed by atoms with E-state index in [4.69, 9.17) is 4.74 Å². The van der Waals surface area contributed by atoms with Crippen molar-refractivity contribution in [2.45, 2.75) is 18.9 Å². The van der Waals surface area contributed by atoms with Crippen molar-refractivity contribution in [3.63, 3.8) is 0 Å². The molecule has 2 aliphatic rings. The maximum absolute atomic E-state index is 12.5. The molecule has 6 nitrogen and oxygen atoms in total. The minimum Gasteiger partial charge on any atom is -0.370 e. The quantitative estimate of drug-likeness (QED) is 0.480. The average molecular weight is 319 g/mol. The van der Waals surface area contributed by atoms with Crippen LogP contribution in [0, 0.1) is 0 Å². The standard InChI is InChI=1S/C17H23N3O3/c21-16-13-15(17(22)20(16)14-5-2-1-3-6-14)18-7-4-8-19-9-11-23-12-10-19/h1-3,5-6,15,18H,4,7-13H2/p+2/t15-/m0/s1. The molecule has 0 aliphatic carbocycles. The normalized spacial score (nSPS) is 22.8. The molecule has 0 spiro atoms. The van der Waals surface area contributed by atoms with Gasteiger partial charge in [-0.05, 0) is 12.1 Å². The number of amides is 2. The lowest BCUT2D eigenvalue weighted by molar-refractivity contribution is -0.909. The molecule has 2 saturated heterocycles. The lowest BCUT2D eigenvalue weighted by atomic mass is 10.2. The first-order valence-electron chi connectivity index (χ1n) is 8.42. The van der Waals surface area contributed by atoms with Crippen molar-refractivity contribution in [1.82, 2.24) is 0 Å². The number of hydrogen-bond acceptors (Lipinski definition) is 3. The van der Waals surface area contributed by atoms with E-state index in [-0.39, 0.29) is 17.9 Å². The van der Waals surface area contributed by atoms with Crippen molar-refractivity contribution >= 4 is 17.5 Å². The molecule has 0 unspecified atom stereocenters. The zero-order chi connectivity index (χ0) is 16.1. The number of quaternary nitrogens is 2. The molecule has 2 fully saturated rings. The molecule has 23 heavy (non-hydrogen) atoms. The van der Waals surface area contributed by atoms with Crippen molar-refractivity contribution in [3.05, 3.63) is 30.3 Å². The number of imide groups is 1. The molecule has 2 amide bonds. The first-order valence-corrected chi connectivity index (χ1v) is 8.42. The summed E-state index contributed by atoms with van der Waals surface area (Å²) in [5.41, 5.74) is 0.677. The van der Waals surface area contributed by atoms with E-state index in [2.05, 4.69) is 0 Å². The predicted molar refractivity (Wildman–Crippen MR) is 85.1 cm³/mol. The predicted octanol–water partition coefficient (Wildman–Crippen LogP) is -1.81. The summed E-state index contributed by atoms with van der Waals surface area (Å²) in [6.45, 7) is 5.83. The number of morpholine rings is 1. The third-order valence-electron chi connectivity index (χ3n) is 4.58. The molecule has 2 heterocycles. The molecule has 0 aromatic heterocycles. The van der Waals surface area contributed by atoms with Crippen LogP contribution in [0.3, 0.4) is 0 Å². The number of carbonyl (C=O) groups is 2. The van der Waals surface area contributed by atoms with E-state index in [1.54, 1.807) is 17.0 Å². The summed E-state index contributed by atoms with van der Waals surface area (Å²) in [5.74, 6) is -0.179. The summed E-state index contributed by atoms with van der Waals surface area (Å²) in [7, 11) is 0. The first kappa shape index (κ1) is 16.1. The van der Waals surface area contributed by atoms with Gasteiger partial charge in [-0.1, -0.05) is 18.2 Å². The number of nitrogens with two attached hydrogens (primary N) is 1. The Morgan fingerprint density at radius 1 is 1.17 bits per heavy atom. The second-order valence-corrected chi connectivity index (χ2v) is 6.20. The number of hydrogen-bond donors (Lipinski definition) is 2. The third kappa shape index (κ3) is 3.96. The molecule has 0 saturated carbocycles. The Labute approximate surface area is 136 Å². The highest BCUT2D eigenvalue weighted by molar-refractivity contribution is 6.21. The Balaban J connectivity index is 1.46. The van der Waals surface area contributed by atoms with Gasteiger partial charge < -0.3 is 15.0 Å². The van der Waals surface area contributed by atoms with Gasteiger partial charge in [0, 0.05) is 6.42 Å². The number of nitrogens with one attached hydrogen (secondary N) is 1. The smallest absolute Gasteiger partial charge is 0.292 e. The van der Waals surface area contributed by atoms with Crippen LogP contribution in [0.2, 0.25) is 0 Å². The van der Waals surface area contributed by atoms with Crippen LogP contribution in [0.1, 0.15) is 12.8 Å². The number of nitrogens with zero attached hydrogens (tertiary/aromatic N) is 1. The molecular formula is C17H25N3O3+2. The average Bonchev–Trinajstić information content (AvgIpc) is 2.87. The molecule has 124 valence electrons. The monoisotopic (exact) mass is 319 g/mol. The van der Waals surface area contributed by atoms with Crippen molar-refractivity contribution in [2.24, 2.45) is 0 Å². The second kappa shape index (κ2) is 7.68. The molecule has 2 aliphatic heterocycles. The minimum atomic E-state index is -0.262. The molecule has 0 radical (unpaired) electrons. The van der Waals surface area contributed by atoms with Crippen LogP contribution in [0.5, 0.6) is 0 Å². The Hall–Kier alpha value is -1.76. The molecule has 0 bridgehead atoms. The number of benzene rings is 1. The largest absolute Gasteiger partial charge is 0.370 e. The van der Waals surface area contributed by atoms with Crippen molar-refractivity contribution in [3.8, 4) is 0 Å². The number of para-hydroxylation sites is 1. The number of carbonyl (C=O) groups excluding carboxylic acids is 2. The van der Waals surface area contributed by atoms with Crippen molar-refractivity contribution in [1.29, 1.82) is 0 Å². The van der Waals surface area contributed by atoms with Crippen LogP contribution in [0.25, 0.3) is 0 Å². The number of anilines is 1. The Morgan fingerprint density at radius 2 is 1.91 bits per heavy atom. The van der Waals surface area contributed by atoms with Gasteiger partial charge in [-0.15, -0.1) is 0 Å². The minimum absolute atomic E-state index is 0.0834. The molecule has 1 atom stereocenters. The van der Waals surface area contributed by atoms with Crippen LogP contribution in [0.15, 0.2) is 30.3 Å². The fourth-order valence-corrected chi connectivity index (χ4v) is 3.27. The highest BCUT2D eigenvalue weighted by Crippen LogP contribution is 2.20. The molecular weight excluding hydrogens is 294 g/mol. The van der Waals surface area contributed by atoms with Gasteiger partial charge in [-0.25, -0.2) is 4.90 Å². The van der Waals surface area contributed by atoms with E-state index in [1.165, 1.54) is 4.90 Å². The van der Waals surface area contributed by atoms with Crippen LogP contribution in [-0.4, -0.2) is 57.2 Å². The van der Waals surface area contributed by atoms with E-state index in [0.29, 0.717) is 12.1 Å². The van der Waals surface area contributed by atoms with Gasteiger partial charge in [0.2, 0.25) is 5.91 Å².